The lowest BCUT2D eigenvalue weighted by Crippen LogP contribution is -2.47. The Morgan fingerprint density at radius 3 is 2.76 bits per heavy atom. The molecule has 0 aliphatic carbocycles. The summed E-state index contributed by atoms with van der Waals surface area (Å²) in [6, 6.07) is 10.6. The van der Waals surface area contributed by atoms with Gasteiger partial charge in [-0.2, -0.15) is 5.10 Å². The normalized spacial score (nSPS) is 23.7. The van der Waals surface area contributed by atoms with Crippen LogP contribution in [0.3, 0.4) is 0 Å². The minimum atomic E-state index is 0.0916. The molecule has 0 saturated carbocycles. The molecule has 2 bridgehead atoms. The molecular formula is C20H26N4O. The first kappa shape index (κ1) is 16.3. The maximum Gasteiger partial charge on any atom is 0.272 e. The van der Waals surface area contributed by atoms with Gasteiger partial charge in [0.15, 0.2) is 0 Å². The molecule has 3 aliphatic heterocycles. The third-order valence-electron chi connectivity index (χ3n) is 5.62. The average Bonchev–Trinajstić information content (AvgIpc) is 2.98. The molecule has 0 unspecified atom stereocenters. The molecule has 5 nitrogen and oxygen atoms in total. The highest BCUT2D eigenvalue weighted by molar-refractivity contribution is 5.93. The fraction of sp³-hybridized carbons (Fsp3) is 0.500. The Bertz CT molecular complexity index is 751. The molecule has 0 spiro atoms. The molecule has 5 heteroatoms. The van der Waals surface area contributed by atoms with Crippen LogP contribution in [0.25, 0.3) is 11.3 Å². The van der Waals surface area contributed by atoms with E-state index in [-0.39, 0.29) is 5.91 Å². The Labute approximate surface area is 149 Å². The van der Waals surface area contributed by atoms with Crippen LogP contribution < -0.4 is 0 Å². The minimum absolute atomic E-state index is 0.0916. The van der Waals surface area contributed by atoms with Crippen molar-refractivity contribution in [2.45, 2.75) is 32.2 Å². The van der Waals surface area contributed by atoms with E-state index in [1.165, 1.54) is 12.0 Å². The van der Waals surface area contributed by atoms with Crippen molar-refractivity contribution < 1.29 is 4.79 Å². The largest absolute Gasteiger partial charge is 0.333 e. The second-order valence-corrected chi connectivity index (χ2v) is 7.49. The summed E-state index contributed by atoms with van der Waals surface area (Å²) in [4.78, 5) is 17.5. The quantitative estimate of drug-likeness (QED) is 0.936. The van der Waals surface area contributed by atoms with Gasteiger partial charge in [0.1, 0.15) is 5.69 Å². The second-order valence-electron chi connectivity index (χ2n) is 7.49. The van der Waals surface area contributed by atoms with E-state index < -0.39 is 0 Å². The molecule has 4 heterocycles. The highest BCUT2D eigenvalue weighted by atomic mass is 16.2. The van der Waals surface area contributed by atoms with Crippen LogP contribution >= 0.6 is 0 Å². The monoisotopic (exact) mass is 338 g/mol. The number of hydrogen-bond donors (Lipinski definition) is 1. The highest BCUT2D eigenvalue weighted by Crippen LogP contribution is 2.29. The lowest BCUT2D eigenvalue weighted by molar-refractivity contribution is 0.0581. The van der Waals surface area contributed by atoms with Gasteiger partial charge in [0, 0.05) is 31.2 Å². The summed E-state index contributed by atoms with van der Waals surface area (Å²) in [5.74, 6) is 0.686. The molecule has 2 aromatic rings. The summed E-state index contributed by atoms with van der Waals surface area (Å²) in [6.07, 6.45) is 3.37. The number of nitrogens with zero attached hydrogens (tertiary/aromatic N) is 3. The zero-order chi connectivity index (χ0) is 17.4. The molecule has 2 atom stereocenters. The predicted molar refractivity (Wildman–Crippen MR) is 98.4 cm³/mol. The molecule has 0 radical (unpaired) electrons. The Hall–Kier alpha value is -2.14. The number of aromatic amines is 1. The van der Waals surface area contributed by atoms with Gasteiger partial charge in [-0.3, -0.25) is 9.89 Å². The SMILES string of the molecule is CCc1ccc(-c2cc(C(=O)N3C[C@H]4CC[C@@H]3CN(C)C4)[nH]n2)cc1. The standard InChI is InChI=1S/C20H26N4O/c1-3-14-4-7-16(8-5-14)18-10-19(22-21-18)20(25)24-12-15-6-9-17(24)13-23(2)11-15/h4-5,7-8,10,15,17H,3,6,9,11-13H2,1-2H3,(H,21,22)/t15-,17+/m0/s1. The van der Waals surface area contributed by atoms with Gasteiger partial charge in [0.05, 0.1) is 5.69 Å². The third-order valence-corrected chi connectivity index (χ3v) is 5.62. The second kappa shape index (κ2) is 6.64. The molecule has 3 saturated heterocycles. The summed E-state index contributed by atoms with van der Waals surface area (Å²) < 4.78 is 0. The fourth-order valence-electron chi connectivity index (χ4n) is 4.21. The van der Waals surface area contributed by atoms with Crippen molar-refractivity contribution in [3.63, 3.8) is 0 Å². The van der Waals surface area contributed by atoms with Crippen molar-refractivity contribution >= 4 is 5.91 Å². The summed E-state index contributed by atoms with van der Waals surface area (Å²) >= 11 is 0. The van der Waals surface area contributed by atoms with Crippen LogP contribution in [0, 0.1) is 5.92 Å². The Balaban J connectivity index is 1.54. The molecule has 1 amide bonds. The summed E-state index contributed by atoms with van der Waals surface area (Å²) in [5, 5.41) is 7.34. The zero-order valence-electron chi connectivity index (χ0n) is 15.0. The Morgan fingerprint density at radius 1 is 1.20 bits per heavy atom. The number of piperidine rings is 1. The summed E-state index contributed by atoms with van der Waals surface area (Å²) in [6.45, 7) is 5.08. The number of rotatable bonds is 3. The van der Waals surface area contributed by atoms with Crippen molar-refractivity contribution in [1.29, 1.82) is 0 Å². The maximum absolute atomic E-state index is 13.0. The van der Waals surface area contributed by atoms with E-state index >= 15 is 0 Å². The van der Waals surface area contributed by atoms with Crippen LogP contribution in [-0.4, -0.2) is 58.6 Å². The molecule has 5 rings (SSSR count). The molecule has 3 fully saturated rings. The number of nitrogens with one attached hydrogen (secondary N) is 1. The molecule has 1 aromatic carbocycles. The number of H-pyrrole nitrogens is 1. The van der Waals surface area contributed by atoms with Crippen LogP contribution in [0.5, 0.6) is 0 Å². The highest BCUT2D eigenvalue weighted by Gasteiger charge is 2.36. The van der Waals surface area contributed by atoms with Gasteiger partial charge in [-0.15, -0.1) is 0 Å². The van der Waals surface area contributed by atoms with E-state index in [1.54, 1.807) is 0 Å². The topological polar surface area (TPSA) is 52.2 Å². The first-order valence-electron chi connectivity index (χ1n) is 9.28. The summed E-state index contributed by atoms with van der Waals surface area (Å²) in [5.41, 5.74) is 3.79. The molecular weight excluding hydrogens is 312 g/mol. The van der Waals surface area contributed by atoms with Gasteiger partial charge in [0.25, 0.3) is 5.91 Å². The fourth-order valence-corrected chi connectivity index (χ4v) is 4.21. The third kappa shape index (κ3) is 3.21. The minimum Gasteiger partial charge on any atom is -0.333 e. The Kier molecular flexibility index (Phi) is 4.34. The van der Waals surface area contributed by atoms with Crippen LogP contribution in [-0.2, 0) is 6.42 Å². The first-order valence-corrected chi connectivity index (χ1v) is 9.28. The Morgan fingerprint density at radius 2 is 2.00 bits per heavy atom. The molecule has 1 aromatic heterocycles. The van der Waals surface area contributed by atoms with E-state index in [1.807, 2.05) is 6.07 Å². The lowest BCUT2D eigenvalue weighted by Gasteiger charge is -2.35. The van der Waals surface area contributed by atoms with Gasteiger partial charge >= 0.3 is 0 Å². The number of hydrogen-bond acceptors (Lipinski definition) is 3. The van der Waals surface area contributed by atoms with Crippen molar-refractivity contribution in [3.05, 3.63) is 41.6 Å². The number of amides is 1. The van der Waals surface area contributed by atoms with E-state index in [4.69, 9.17) is 0 Å². The molecule has 3 aliphatic rings. The number of carbonyl (C=O) groups is 1. The number of fused-ring (bicyclic) bond motifs is 4. The van der Waals surface area contributed by atoms with Gasteiger partial charge in [-0.25, -0.2) is 0 Å². The maximum atomic E-state index is 13.0. The number of aryl methyl sites for hydroxylation is 1. The lowest BCUT2D eigenvalue weighted by atomic mass is 9.94. The van der Waals surface area contributed by atoms with Crippen LogP contribution in [0.1, 0.15) is 35.8 Å². The summed E-state index contributed by atoms with van der Waals surface area (Å²) in [7, 11) is 2.16. The number of benzene rings is 1. The number of likely N-dealkylation sites (N-methyl/N-ethyl adjacent to an activating group) is 1. The number of carbonyl (C=O) groups excluding carboxylic acids is 1. The smallest absolute Gasteiger partial charge is 0.272 e. The van der Waals surface area contributed by atoms with Crippen molar-refractivity contribution in [3.8, 4) is 11.3 Å². The van der Waals surface area contributed by atoms with Crippen molar-refractivity contribution in [2.24, 2.45) is 5.92 Å². The average molecular weight is 338 g/mol. The van der Waals surface area contributed by atoms with E-state index in [0.717, 1.165) is 43.7 Å². The zero-order valence-corrected chi connectivity index (χ0v) is 15.0. The van der Waals surface area contributed by atoms with Crippen molar-refractivity contribution in [1.82, 2.24) is 20.0 Å². The van der Waals surface area contributed by atoms with Gasteiger partial charge in [0.2, 0.25) is 0 Å². The number of aromatic nitrogens is 2. The van der Waals surface area contributed by atoms with Crippen LogP contribution in [0.4, 0.5) is 0 Å². The predicted octanol–water partition coefficient (Wildman–Crippen LogP) is 2.81. The first-order chi connectivity index (χ1) is 12.1. The van der Waals surface area contributed by atoms with E-state index in [9.17, 15) is 4.79 Å². The van der Waals surface area contributed by atoms with Gasteiger partial charge in [-0.05, 0) is 43.9 Å². The van der Waals surface area contributed by atoms with E-state index in [0.29, 0.717) is 17.7 Å². The van der Waals surface area contributed by atoms with Gasteiger partial charge in [-0.1, -0.05) is 31.2 Å². The molecule has 1 N–H and O–H groups in total. The van der Waals surface area contributed by atoms with Gasteiger partial charge < -0.3 is 9.80 Å². The molecule has 25 heavy (non-hydrogen) atoms. The molecule has 132 valence electrons. The van der Waals surface area contributed by atoms with Crippen molar-refractivity contribution in [2.75, 3.05) is 26.7 Å². The van der Waals surface area contributed by atoms with Crippen LogP contribution in [0.2, 0.25) is 0 Å². The van der Waals surface area contributed by atoms with Crippen LogP contribution in [0.15, 0.2) is 30.3 Å². The van der Waals surface area contributed by atoms with E-state index in [2.05, 4.69) is 58.2 Å².